The number of rotatable bonds is 3. The molecule has 6 nitrogen and oxygen atoms in total. The fraction of sp³-hybridized carbons (Fsp3) is 0.0714. The lowest BCUT2D eigenvalue weighted by Crippen LogP contribution is -2.30. The number of amides is 2. The molecule has 0 saturated heterocycles. The van der Waals surface area contributed by atoms with Crippen molar-refractivity contribution in [1.82, 2.24) is 5.43 Å². The van der Waals surface area contributed by atoms with Gasteiger partial charge < -0.3 is 10.1 Å². The maximum Gasteiger partial charge on any atom is 0.428 e. The van der Waals surface area contributed by atoms with Crippen LogP contribution in [0.2, 0.25) is 0 Å². The number of ether oxygens (including phenoxy) is 1. The second-order valence-corrected chi connectivity index (χ2v) is 5.20. The summed E-state index contributed by atoms with van der Waals surface area (Å²) in [5.74, 6) is -0.136. The molecule has 2 amide bonds. The van der Waals surface area contributed by atoms with Crippen LogP contribution in [-0.4, -0.2) is 24.3 Å². The number of hydrogen-bond acceptors (Lipinski definition) is 5. The highest BCUT2D eigenvalue weighted by molar-refractivity contribution is 7.12. The first-order valence-corrected chi connectivity index (χ1v) is 7.05. The van der Waals surface area contributed by atoms with Gasteiger partial charge in [0.25, 0.3) is 5.91 Å². The third-order valence-corrected chi connectivity index (χ3v) is 3.71. The van der Waals surface area contributed by atoms with E-state index in [9.17, 15) is 9.59 Å². The molecule has 0 aliphatic carbocycles. The maximum atomic E-state index is 11.9. The fourth-order valence-corrected chi connectivity index (χ4v) is 2.42. The SMILES string of the molecule is O=C1NN=C(c2ccc(NC(=O)c3cccs3)cc2)CO1. The molecule has 2 heterocycles. The van der Waals surface area contributed by atoms with E-state index < -0.39 is 6.09 Å². The highest BCUT2D eigenvalue weighted by Gasteiger charge is 2.14. The van der Waals surface area contributed by atoms with Gasteiger partial charge >= 0.3 is 6.09 Å². The van der Waals surface area contributed by atoms with Gasteiger partial charge in [0.05, 0.1) is 4.88 Å². The van der Waals surface area contributed by atoms with Crippen LogP contribution < -0.4 is 10.7 Å². The minimum atomic E-state index is -0.557. The summed E-state index contributed by atoms with van der Waals surface area (Å²) in [5.41, 5.74) is 4.40. The van der Waals surface area contributed by atoms with E-state index in [2.05, 4.69) is 15.8 Å². The molecule has 0 radical (unpaired) electrons. The zero-order valence-corrected chi connectivity index (χ0v) is 11.6. The van der Waals surface area contributed by atoms with Crippen LogP contribution in [0.25, 0.3) is 0 Å². The standard InChI is InChI=1S/C14H11N3O3S/c18-13(12-2-1-7-21-12)15-10-5-3-9(4-6-10)11-8-20-14(19)17-16-11/h1-7H,8H2,(H,15,18)(H,17,19). The number of nitrogens with zero attached hydrogens (tertiary/aromatic N) is 1. The van der Waals surface area contributed by atoms with Gasteiger partial charge in [-0.15, -0.1) is 11.3 Å². The molecule has 106 valence electrons. The van der Waals surface area contributed by atoms with Crippen molar-refractivity contribution in [3.05, 3.63) is 52.2 Å². The molecule has 0 saturated carbocycles. The first-order valence-electron chi connectivity index (χ1n) is 6.17. The van der Waals surface area contributed by atoms with Crippen molar-refractivity contribution >= 4 is 34.7 Å². The van der Waals surface area contributed by atoms with Crippen LogP contribution in [0.5, 0.6) is 0 Å². The first-order chi connectivity index (χ1) is 10.2. The lowest BCUT2D eigenvalue weighted by molar-refractivity contribution is 0.103. The Morgan fingerprint density at radius 2 is 2.10 bits per heavy atom. The van der Waals surface area contributed by atoms with E-state index in [0.717, 1.165) is 5.56 Å². The van der Waals surface area contributed by atoms with Gasteiger partial charge in [0.2, 0.25) is 0 Å². The minimum absolute atomic E-state index is 0.132. The van der Waals surface area contributed by atoms with Crippen molar-refractivity contribution in [3.8, 4) is 0 Å². The number of anilines is 1. The Bertz CT molecular complexity index is 693. The van der Waals surface area contributed by atoms with Crippen molar-refractivity contribution in [2.24, 2.45) is 5.10 Å². The van der Waals surface area contributed by atoms with Crippen LogP contribution in [0.4, 0.5) is 10.5 Å². The smallest absolute Gasteiger partial charge is 0.428 e. The van der Waals surface area contributed by atoms with Gasteiger partial charge in [-0.05, 0) is 23.6 Å². The Kier molecular flexibility index (Phi) is 3.65. The predicted molar refractivity (Wildman–Crippen MR) is 79.7 cm³/mol. The number of thiophene rings is 1. The highest BCUT2D eigenvalue weighted by atomic mass is 32.1. The van der Waals surface area contributed by atoms with E-state index in [-0.39, 0.29) is 12.5 Å². The summed E-state index contributed by atoms with van der Waals surface area (Å²) in [6.45, 7) is 0.132. The van der Waals surface area contributed by atoms with Crippen LogP contribution in [0.3, 0.4) is 0 Å². The van der Waals surface area contributed by atoms with Crippen LogP contribution in [0.1, 0.15) is 15.2 Å². The molecule has 1 aromatic heterocycles. The van der Waals surface area contributed by atoms with Crippen LogP contribution in [-0.2, 0) is 4.74 Å². The Balaban J connectivity index is 1.70. The van der Waals surface area contributed by atoms with Gasteiger partial charge in [-0.3, -0.25) is 4.79 Å². The first kappa shape index (κ1) is 13.3. The molecule has 1 aliphatic rings. The number of carbonyl (C=O) groups excluding carboxylic acids is 2. The number of nitrogens with one attached hydrogen (secondary N) is 2. The van der Waals surface area contributed by atoms with Crippen molar-refractivity contribution in [2.75, 3.05) is 11.9 Å². The predicted octanol–water partition coefficient (Wildman–Crippen LogP) is 2.44. The zero-order chi connectivity index (χ0) is 14.7. The Morgan fingerprint density at radius 3 is 2.71 bits per heavy atom. The topological polar surface area (TPSA) is 79.8 Å². The molecule has 0 spiro atoms. The molecule has 1 aromatic carbocycles. The maximum absolute atomic E-state index is 11.9. The lowest BCUT2D eigenvalue weighted by Gasteiger charge is -2.13. The Hall–Kier alpha value is -2.67. The van der Waals surface area contributed by atoms with E-state index in [0.29, 0.717) is 16.3 Å². The number of benzene rings is 1. The van der Waals surface area contributed by atoms with Gasteiger partial charge in [0.15, 0.2) is 0 Å². The number of cyclic esters (lactones) is 1. The largest absolute Gasteiger partial charge is 0.442 e. The second kappa shape index (κ2) is 5.76. The molecule has 0 bridgehead atoms. The monoisotopic (exact) mass is 301 g/mol. The van der Waals surface area contributed by atoms with Gasteiger partial charge in [-0.2, -0.15) is 5.10 Å². The zero-order valence-electron chi connectivity index (χ0n) is 10.8. The molecule has 2 N–H and O–H groups in total. The van der Waals surface area contributed by atoms with Gasteiger partial charge in [0, 0.05) is 11.3 Å². The Labute approximate surface area is 124 Å². The average molecular weight is 301 g/mol. The molecular weight excluding hydrogens is 290 g/mol. The summed E-state index contributed by atoms with van der Waals surface area (Å²) in [4.78, 5) is 23.4. The van der Waals surface area contributed by atoms with Crippen LogP contribution in [0, 0.1) is 0 Å². The number of hydrazone groups is 1. The molecule has 3 rings (SSSR count). The van der Waals surface area contributed by atoms with Gasteiger partial charge in [0.1, 0.15) is 12.3 Å². The summed E-state index contributed by atoms with van der Waals surface area (Å²) < 4.78 is 4.84. The third kappa shape index (κ3) is 3.09. The average Bonchev–Trinajstić information content (AvgIpc) is 3.03. The molecule has 21 heavy (non-hydrogen) atoms. The van der Waals surface area contributed by atoms with Gasteiger partial charge in [-0.1, -0.05) is 18.2 Å². The molecule has 0 fully saturated rings. The Morgan fingerprint density at radius 1 is 1.29 bits per heavy atom. The molecule has 0 atom stereocenters. The van der Waals surface area contributed by atoms with E-state index in [1.807, 2.05) is 23.6 Å². The van der Waals surface area contributed by atoms with E-state index in [1.165, 1.54) is 11.3 Å². The summed E-state index contributed by atoms with van der Waals surface area (Å²) >= 11 is 1.39. The van der Waals surface area contributed by atoms with E-state index in [1.54, 1.807) is 18.2 Å². The summed E-state index contributed by atoms with van der Waals surface area (Å²) in [5, 5.41) is 8.59. The summed E-state index contributed by atoms with van der Waals surface area (Å²) in [6.07, 6.45) is -0.557. The fourth-order valence-electron chi connectivity index (χ4n) is 1.81. The van der Waals surface area contributed by atoms with E-state index in [4.69, 9.17) is 4.74 Å². The summed E-state index contributed by atoms with van der Waals surface area (Å²) in [7, 11) is 0. The summed E-state index contributed by atoms with van der Waals surface area (Å²) in [6, 6.07) is 10.8. The van der Waals surface area contributed by atoms with Crippen LogP contribution in [0.15, 0.2) is 46.9 Å². The second-order valence-electron chi connectivity index (χ2n) is 4.26. The molecule has 7 heteroatoms. The van der Waals surface area contributed by atoms with Crippen molar-refractivity contribution in [3.63, 3.8) is 0 Å². The molecule has 1 aliphatic heterocycles. The van der Waals surface area contributed by atoms with Crippen LogP contribution >= 0.6 is 11.3 Å². The van der Waals surface area contributed by atoms with Crippen molar-refractivity contribution < 1.29 is 14.3 Å². The molecule has 2 aromatic rings. The molecular formula is C14H11N3O3S. The highest BCUT2D eigenvalue weighted by Crippen LogP contribution is 2.15. The lowest BCUT2D eigenvalue weighted by atomic mass is 10.1. The van der Waals surface area contributed by atoms with Crippen molar-refractivity contribution in [2.45, 2.75) is 0 Å². The third-order valence-electron chi connectivity index (χ3n) is 2.84. The quantitative estimate of drug-likeness (QED) is 0.913. The van der Waals surface area contributed by atoms with E-state index >= 15 is 0 Å². The number of carbonyl (C=O) groups is 2. The minimum Gasteiger partial charge on any atom is -0.442 e. The normalized spacial score (nSPS) is 13.9. The van der Waals surface area contributed by atoms with Gasteiger partial charge in [-0.25, -0.2) is 10.2 Å². The molecule has 0 unspecified atom stereocenters. The van der Waals surface area contributed by atoms with Crippen molar-refractivity contribution in [1.29, 1.82) is 0 Å². The number of hydrogen-bond donors (Lipinski definition) is 2.